The van der Waals surface area contributed by atoms with Crippen LogP contribution in [0.5, 0.6) is 11.5 Å². The molecule has 2 aromatic heterocycles. The number of aromatic nitrogens is 2. The standard InChI is InChI=1S/C29H27N3O5S/c1-4-14-37-22-12-9-18(15-17(22)3)26(33)24-25(21-8-6-7-13-30-21)32(28(35)27(24)34)29-31-20-11-10-19(36-5-2)16-23(20)38-29/h6-13,15-16,25,33H,4-5,14H2,1-3H3/b26-24+. The van der Waals surface area contributed by atoms with Crippen LogP contribution < -0.4 is 14.4 Å². The largest absolute Gasteiger partial charge is 0.507 e. The maximum atomic E-state index is 13.4. The lowest BCUT2D eigenvalue weighted by molar-refractivity contribution is -0.132. The Labute approximate surface area is 224 Å². The number of carbonyl (C=O) groups is 2. The third-order valence-corrected chi connectivity index (χ3v) is 7.21. The third kappa shape index (κ3) is 4.61. The van der Waals surface area contributed by atoms with Crippen molar-refractivity contribution in [2.45, 2.75) is 33.2 Å². The summed E-state index contributed by atoms with van der Waals surface area (Å²) in [5.74, 6) is -0.444. The van der Waals surface area contributed by atoms with Crippen LogP contribution in [0.3, 0.4) is 0 Å². The lowest BCUT2D eigenvalue weighted by Gasteiger charge is -2.22. The van der Waals surface area contributed by atoms with Crippen molar-refractivity contribution in [1.29, 1.82) is 0 Å². The molecule has 9 heteroatoms. The zero-order chi connectivity index (χ0) is 26.8. The highest BCUT2D eigenvalue weighted by atomic mass is 32.1. The second-order valence-electron chi connectivity index (χ2n) is 8.81. The highest BCUT2D eigenvalue weighted by molar-refractivity contribution is 7.22. The zero-order valence-electron chi connectivity index (χ0n) is 21.3. The van der Waals surface area contributed by atoms with E-state index >= 15 is 0 Å². The van der Waals surface area contributed by atoms with Gasteiger partial charge in [0.05, 0.1) is 34.7 Å². The molecule has 0 aliphatic carbocycles. The van der Waals surface area contributed by atoms with Crippen molar-refractivity contribution in [2.75, 3.05) is 18.1 Å². The fraction of sp³-hybridized carbons (Fsp3) is 0.241. The molecule has 1 fully saturated rings. The van der Waals surface area contributed by atoms with E-state index in [-0.39, 0.29) is 11.3 Å². The molecule has 5 rings (SSSR count). The molecule has 1 N–H and O–H groups in total. The molecule has 4 aromatic rings. The van der Waals surface area contributed by atoms with E-state index in [2.05, 4.69) is 9.97 Å². The summed E-state index contributed by atoms with van der Waals surface area (Å²) in [7, 11) is 0. The molecule has 1 amide bonds. The second-order valence-corrected chi connectivity index (χ2v) is 9.82. The van der Waals surface area contributed by atoms with Crippen LogP contribution in [0.2, 0.25) is 0 Å². The molecule has 2 aromatic carbocycles. The molecule has 194 valence electrons. The van der Waals surface area contributed by atoms with Crippen LogP contribution in [-0.4, -0.2) is 40.0 Å². The van der Waals surface area contributed by atoms with Gasteiger partial charge in [-0.1, -0.05) is 24.3 Å². The van der Waals surface area contributed by atoms with Crippen molar-refractivity contribution < 1.29 is 24.2 Å². The Morgan fingerprint density at radius 2 is 1.92 bits per heavy atom. The quantitative estimate of drug-likeness (QED) is 0.174. The van der Waals surface area contributed by atoms with Crippen LogP contribution in [0.1, 0.15) is 43.1 Å². The van der Waals surface area contributed by atoms with Gasteiger partial charge in [0.15, 0.2) is 5.13 Å². The topological polar surface area (TPSA) is 102 Å². The van der Waals surface area contributed by atoms with Crippen molar-refractivity contribution in [3.05, 3.63) is 83.2 Å². The molecule has 1 atom stereocenters. The first kappa shape index (κ1) is 25.4. The highest BCUT2D eigenvalue weighted by Crippen LogP contribution is 2.44. The number of amides is 1. The molecule has 0 spiro atoms. The number of nitrogens with zero attached hydrogens (tertiary/aromatic N) is 3. The van der Waals surface area contributed by atoms with Crippen LogP contribution in [0.25, 0.3) is 16.0 Å². The van der Waals surface area contributed by atoms with Gasteiger partial charge in [-0.05, 0) is 74.4 Å². The monoisotopic (exact) mass is 529 g/mol. The fourth-order valence-corrected chi connectivity index (χ4v) is 5.45. The van der Waals surface area contributed by atoms with Gasteiger partial charge in [0.25, 0.3) is 5.78 Å². The number of hydrogen-bond acceptors (Lipinski definition) is 8. The van der Waals surface area contributed by atoms with Gasteiger partial charge in [-0.25, -0.2) is 4.98 Å². The lowest BCUT2D eigenvalue weighted by Crippen LogP contribution is -2.29. The summed E-state index contributed by atoms with van der Waals surface area (Å²) in [6.45, 7) is 6.90. The summed E-state index contributed by atoms with van der Waals surface area (Å²) >= 11 is 1.27. The Hall–Kier alpha value is -4.24. The Bertz CT molecular complexity index is 1550. The number of pyridine rings is 1. The lowest BCUT2D eigenvalue weighted by atomic mass is 9.97. The number of anilines is 1. The van der Waals surface area contributed by atoms with Crippen LogP contribution in [0, 0.1) is 6.92 Å². The smallest absolute Gasteiger partial charge is 0.301 e. The number of Topliss-reactive ketones (excluding diaryl/α,β-unsaturated/α-hetero) is 1. The summed E-state index contributed by atoms with van der Waals surface area (Å²) in [6, 6.07) is 15.0. The van der Waals surface area contributed by atoms with Crippen LogP contribution in [0.15, 0.2) is 66.4 Å². The number of aliphatic hydroxyl groups excluding tert-OH is 1. The number of hydrogen-bond donors (Lipinski definition) is 1. The number of ketones is 1. The summed E-state index contributed by atoms with van der Waals surface area (Å²) in [5, 5.41) is 11.7. The van der Waals surface area contributed by atoms with E-state index in [0.29, 0.717) is 46.6 Å². The molecule has 3 heterocycles. The Morgan fingerprint density at radius 3 is 2.63 bits per heavy atom. The van der Waals surface area contributed by atoms with E-state index in [1.807, 2.05) is 39.0 Å². The van der Waals surface area contributed by atoms with Crippen molar-refractivity contribution >= 4 is 44.1 Å². The van der Waals surface area contributed by atoms with Crippen molar-refractivity contribution in [3.8, 4) is 11.5 Å². The number of rotatable bonds is 8. The Kier molecular flexibility index (Phi) is 7.11. The molecule has 1 unspecified atom stereocenters. The first-order valence-electron chi connectivity index (χ1n) is 12.4. The average molecular weight is 530 g/mol. The van der Waals surface area contributed by atoms with E-state index < -0.39 is 17.7 Å². The molecule has 8 nitrogen and oxygen atoms in total. The summed E-state index contributed by atoms with van der Waals surface area (Å²) < 4.78 is 12.2. The zero-order valence-corrected chi connectivity index (χ0v) is 22.1. The molecule has 0 radical (unpaired) electrons. The maximum Gasteiger partial charge on any atom is 0.301 e. The first-order chi connectivity index (χ1) is 18.4. The fourth-order valence-electron chi connectivity index (χ4n) is 4.43. The van der Waals surface area contributed by atoms with E-state index in [1.165, 1.54) is 16.2 Å². The van der Waals surface area contributed by atoms with Crippen LogP contribution in [-0.2, 0) is 9.59 Å². The van der Waals surface area contributed by atoms with Crippen molar-refractivity contribution in [2.24, 2.45) is 0 Å². The summed E-state index contributed by atoms with van der Waals surface area (Å²) in [4.78, 5) is 37.3. The highest BCUT2D eigenvalue weighted by Gasteiger charge is 2.48. The predicted octanol–water partition coefficient (Wildman–Crippen LogP) is 5.81. The van der Waals surface area contributed by atoms with Gasteiger partial charge in [-0.15, -0.1) is 0 Å². The van der Waals surface area contributed by atoms with Crippen molar-refractivity contribution in [1.82, 2.24) is 9.97 Å². The first-order valence-corrected chi connectivity index (χ1v) is 13.2. The van der Waals surface area contributed by atoms with E-state index in [9.17, 15) is 14.7 Å². The summed E-state index contributed by atoms with van der Waals surface area (Å²) in [6.07, 6.45) is 2.46. The van der Waals surface area contributed by atoms with Crippen LogP contribution in [0.4, 0.5) is 5.13 Å². The number of thiazole rings is 1. The summed E-state index contributed by atoms with van der Waals surface area (Å²) in [5.41, 5.74) is 2.30. The normalized spacial score (nSPS) is 16.8. The maximum absolute atomic E-state index is 13.4. The number of fused-ring (bicyclic) bond motifs is 1. The number of aryl methyl sites for hydroxylation is 1. The van der Waals surface area contributed by atoms with Crippen LogP contribution >= 0.6 is 11.3 Å². The minimum Gasteiger partial charge on any atom is -0.507 e. The van der Waals surface area contributed by atoms with Crippen molar-refractivity contribution in [3.63, 3.8) is 0 Å². The molecule has 38 heavy (non-hydrogen) atoms. The Balaban J connectivity index is 1.63. The number of benzene rings is 2. The third-order valence-electron chi connectivity index (χ3n) is 6.19. The molecular weight excluding hydrogens is 502 g/mol. The van der Waals surface area contributed by atoms with Gasteiger partial charge in [-0.3, -0.25) is 19.5 Å². The van der Waals surface area contributed by atoms with E-state index in [0.717, 1.165) is 16.7 Å². The molecule has 0 bridgehead atoms. The molecule has 1 saturated heterocycles. The minimum absolute atomic E-state index is 0.0374. The Morgan fingerprint density at radius 1 is 1.08 bits per heavy atom. The SMILES string of the molecule is CCCOc1ccc(/C(O)=C2\C(=O)C(=O)N(c3nc4ccc(OCC)cc4s3)C2c2ccccn2)cc1C. The molecular formula is C29H27N3O5S. The van der Waals surface area contributed by atoms with Gasteiger partial charge in [-0.2, -0.15) is 0 Å². The predicted molar refractivity (Wildman–Crippen MR) is 147 cm³/mol. The minimum atomic E-state index is -0.945. The van der Waals surface area contributed by atoms with E-state index in [4.69, 9.17) is 9.47 Å². The van der Waals surface area contributed by atoms with Gasteiger partial charge in [0.2, 0.25) is 0 Å². The second kappa shape index (κ2) is 10.6. The molecule has 1 aliphatic heterocycles. The van der Waals surface area contributed by atoms with E-state index in [1.54, 1.807) is 42.6 Å². The van der Waals surface area contributed by atoms with Gasteiger partial charge < -0.3 is 14.6 Å². The molecule has 1 aliphatic rings. The number of carbonyl (C=O) groups excluding carboxylic acids is 2. The van der Waals surface area contributed by atoms with Gasteiger partial charge in [0, 0.05) is 11.8 Å². The number of aliphatic hydroxyl groups is 1. The van der Waals surface area contributed by atoms with Gasteiger partial charge in [0.1, 0.15) is 23.3 Å². The average Bonchev–Trinajstić information content (AvgIpc) is 3.46. The molecule has 0 saturated carbocycles. The van der Waals surface area contributed by atoms with Gasteiger partial charge >= 0.3 is 5.91 Å². The number of ether oxygens (including phenoxy) is 2.